The molecule has 2 unspecified atom stereocenters. The Kier molecular flexibility index (Phi) is 6.12. The number of fused-ring (bicyclic) bond motifs is 2. The number of carbonyl (C=O) groups is 3. The Morgan fingerprint density at radius 1 is 1.21 bits per heavy atom. The van der Waals surface area contributed by atoms with Crippen LogP contribution in [0.1, 0.15) is 75.1 Å². The Morgan fingerprint density at radius 3 is 2.58 bits per heavy atom. The van der Waals surface area contributed by atoms with Gasteiger partial charge in [-0.25, -0.2) is 4.79 Å². The summed E-state index contributed by atoms with van der Waals surface area (Å²) in [7, 11) is 1.56. The summed E-state index contributed by atoms with van der Waals surface area (Å²) < 4.78 is 0. The standard InChI is InChI=1S/C25H31N3O5/c1-25(2)23(31)28(24(32)27(25)3)11-10-17(22(29)30)14-21(26-33)16-8-9-20-18(13-16)12-15-6-4-5-7-19(15)20/h8-9,13,17,21H,4-7,10-12,14H2,1-3H3,(H,29,30). The van der Waals surface area contributed by atoms with Crippen LogP contribution in [0.2, 0.25) is 0 Å². The molecule has 4 rings (SSSR count). The molecule has 1 fully saturated rings. The van der Waals surface area contributed by atoms with Gasteiger partial charge in [0.2, 0.25) is 0 Å². The summed E-state index contributed by atoms with van der Waals surface area (Å²) in [6.07, 6.45) is 5.63. The summed E-state index contributed by atoms with van der Waals surface area (Å²) >= 11 is 0. The smallest absolute Gasteiger partial charge is 0.327 e. The third kappa shape index (κ3) is 4.07. The lowest BCUT2D eigenvalue weighted by Crippen LogP contribution is -2.41. The van der Waals surface area contributed by atoms with Gasteiger partial charge in [0.25, 0.3) is 5.91 Å². The lowest BCUT2D eigenvalue weighted by molar-refractivity contribution is -0.143. The molecule has 1 aromatic carbocycles. The maximum Gasteiger partial charge on any atom is 0.327 e. The van der Waals surface area contributed by atoms with Crippen LogP contribution in [0.3, 0.4) is 0 Å². The maximum atomic E-state index is 12.6. The second-order valence-corrected chi connectivity index (χ2v) is 9.92. The normalized spacial score (nSPS) is 21.2. The van der Waals surface area contributed by atoms with Crippen LogP contribution < -0.4 is 0 Å². The van der Waals surface area contributed by atoms with Gasteiger partial charge in [-0.2, -0.15) is 4.91 Å². The number of aliphatic carboxylic acids is 1. The Bertz CT molecular complexity index is 1040. The number of nitrogens with zero attached hydrogens (tertiary/aromatic N) is 3. The molecule has 8 nitrogen and oxygen atoms in total. The molecule has 1 N–H and O–H groups in total. The van der Waals surface area contributed by atoms with E-state index in [9.17, 15) is 24.4 Å². The lowest BCUT2D eigenvalue weighted by atomic mass is 9.90. The van der Waals surface area contributed by atoms with Crippen molar-refractivity contribution < 1.29 is 19.5 Å². The van der Waals surface area contributed by atoms with Gasteiger partial charge in [0, 0.05) is 13.6 Å². The van der Waals surface area contributed by atoms with Gasteiger partial charge in [0.05, 0.1) is 5.92 Å². The molecule has 176 valence electrons. The molecule has 1 aliphatic heterocycles. The molecule has 0 aromatic heterocycles. The zero-order valence-corrected chi connectivity index (χ0v) is 19.5. The monoisotopic (exact) mass is 453 g/mol. The van der Waals surface area contributed by atoms with Gasteiger partial charge in [-0.15, -0.1) is 0 Å². The predicted octanol–water partition coefficient (Wildman–Crippen LogP) is 4.53. The second kappa shape index (κ2) is 8.72. The molecule has 0 radical (unpaired) electrons. The van der Waals surface area contributed by atoms with Crippen LogP contribution in [-0.2, 0) is 16.0 Å². The Morgan fingerprint density at radius 2 is 1.94 bits per heavy atom. The van der Waals surface area contributed by atoms with E-state index in [1.54, 1.807) is 20.9 Å². The number of carbonyl (C=O) groups excluding carboxylic acids is 2. The summed E-state index contributed by atoms with van der Waals surface area (Å²) in [5.74, 6) is -2.31. The van der Waals surface area contributed by atoms with Crippen LogP contribution in [0.25, 0.3) is 5.57 Å². The molecule has 2 atom stereocenters. The number of carboxylic acid groups (broad SMARTS) is 1. The van der Waals surface area contributed by atoms with Crippen molar-refractivity contribution >= 4 is 23.5 Å². The third-order valence-electron chi connectivity index (χ3n) is 7.64. The summed E-state index contributed by atoms with van der Waals surface area (Å²) in [5.41, 5.74) is 5.14. The van der Waals surface area contributed by atoms with Crippen molar-refractivity contribution in [2.24, 2.45) is 11.1 Å². The van der Waals surface area contributed by atoms with Crippen LogP contribution >= 0.6 is 0 Å². The van der Waals surface area contributed by atoms with E-state index in [-0.39, 0.29) is 25.3 Å². The molecule has 2 aliphatic carbocycles. The van der Waals surface area contributed by atoms with E-state index in [0.29, 0.717) is 0 Å². The highest BCUT2D eigenvalue weighted by Gasteiger charge is 2.49. The highest BCUT2D eigenvalue weighted by molar-refractivity contribution is 6.06. The van der Waals surface area contributed by atoms with E-state index in [1.165, 1.54) is 40.0 Å². The number of benzene rings is 1. The number of amides is 3. The number of carboxylic acids is 1. The highest BCUT2D eigenvalue weighted by atomic mass is 16.4. The average Bonchev–Trinajstić information content (AvgIpc) is 3.23. The fourth-order valence-electron chi connectivity index (χ4n) is 5.29. The Balaban J connectivity index is 1.46. The Labute approximate surface area is 193 Å². The molecule has 8 heteroatoms. The lowest BCUT2D eigenvalue weighted by Gasteiger charge is -2.22. The second-order valence-electron chi connectivity index (χ2n) is 9.92. The van der Waals surface area contributed by atoms with E-state index in [2.05, 4.69) is 5.18 Å². The van der Waals surface area contributed by atoms with Crippen LogP contribution in [0, 0.1) is 10.8 Å². The molecule has 1 saturated heterocycles. The molecule has 33 heavy (non-hydrogen) atoms. The fourth-order valence-corrected chi connectivity index (χ4v) is 5.29. The number of imide groups is 1. The van der Waals surface area contributed by atoms with Gasteiger partial charge in [-0.1, -0.05) is 28.9 Å². The van der Waals surface area contributed by atoms with E-state index in [1.807, 2.05) is 18.2 Å². The van der Waals surface area contributed by atoms with Gasteiger partial charge < -0.3 is 10.0 Å². The minimum Gasteiger partial charge on any atom is -0.481 e. The zero-order valence-electron chi connectivity index (χ0n) is 19.5. The van der Waals surface area contributed by atoms with Gasteiger partial charge in [0.1, 0.15) is 11.6 Å². The van der Waals surface area contributed by atoms with Gasteiger partial charge >= 0.3 is 12.0 Å². The fraction of sp³-hybridized carbons (Fsp3) is 0.560. The summed E-state index contributed by atoms with van der Waals surface area (Å²) in [5, 5.41) is 13.0. The quantitative estimate of drug-likeness (QED) is 0.460. The number of likely N-dealkylation sites (N-methyl/N-ethyl adjacent to an activating group) is 1. The molecule has 3 amide bonds. The zero-order chi connectivity index (χ0) is 23.9. The van der Waals surface area contributed by atoms with E-state index in [4.69, 9.17) is 0 Å². The summed E-state index contributed by atoms with van der Waals surface area (Å²) in [6.45, 7) is 3.32. The minimum atomic E-state index is -1.06. The molecule has 3 aliphatic rings. The number of hydrogen-bond acceptors (Lipinski definition) is 5. The van der Waals surface area contributed by atoms with Gasteiger partial charge in [-0.3, -0.25) is 14.5 Å². The number of hydrogen-bond donors (Lipinski definition) is 1. The molecule has 1 aromatic rings. The minimum absolute atomic E-state index is 0.00515. The molecule has 0 saturated carbocycles. The summed E-state index contributed by atoms with van der Waals surface area (Å²) in [4.78, 5) is 51.2. The highest BCUT2D eigenvalue weighted by Crippen LogP contribution is 2.42. The number of rotatable bonds is 8. The molecule has 0 bridgehead atoms. The Hall–Kier alpha value is -3.03. The van der Waals surface area contributed by atoms with Gasteiger partial charge in [-0.05, 0) is 81.1 Å². The van der Waals surface area contributed by atoms with Crippen molar-refractivity contribution in [1.82, 2.24) is 9.80 Å². The van der Waals surface area contributed by atoms with Crippen LogP contribution in [0.5, 0.6) is 0 Å². The topological polar surface area (TPSA) is 107 Å². The first kappa shape index (κ1) is 23.1. The molecular weight excluding hydrogens is 422 g/mol. The van der Waals surface area contributed by atoms with Gasteiger partial charge in [0.15, 0.2) is 0 Å². The largest absolute Gasteiger partial charge is 0.481 e. The number of nitroso groups, excluding NO2 is 1. The van der Waals surface area contributed by atoms with Crippen molar-refractivity contribution in [1.29, 1.82) is 0 Å². The van der Waals surface area contributed by atoms with E-state index in [0.717, 1.165) is 29.7 Å². The van der Waals surface area contributed by atoms with Crippen molar-refractivity contribution in [3.63, 3.8) is 0 Å². The van der Waals surface area contributed by atoms with Crippen LogP contribution in [-0.4, -0.2) is 51.9 Å². The van der Waals surface area contributed by atoms with Crippen molar-refractivity contribution in [3.8, 4) is 0 Å². The number of allylic oxidation sites excluding steroid dienone is 2. The SMILES string of the molecule is CN1C(=O)N(CCC(CC(N=O)c2ccc3c(c2)CC2=C3CCCC2)C(=O)O)C(=O)C1(C)C. The van der Waals surface area contributed by atoms with Crippen molar-refractivity contribution in [2.75, 3.05) is 13.6 Å². The van der Waals surface area contributed by atoms with Crippen LogP contribution in [0.4, 0.5) is 4.79 Å². The molecular formula is C25H31N3O5. The third-order valence-corrected chi connectivity index (χ3v) is 7.64. The first-order chi connectivity index (χ1) is 15.6. The predicted molar refractivity (Wildman–Crippen MR) is 123 cm³/mol. The average molecular weight is 454 g/mol. The van der Waals surface area contributed by atoms with Crippen LogP contribution in [0.15, 0.2) is 28.9 Å². The molecule has 0 spiro atoms. The summed E-state index contributed by atoms with van der Waals surface area (Å²) in [6, 6.07) is 4.71. The van der Waals surface area contributed by atoms with E-state index < -0.39 is 29.5 Å². The first-order valence-electron chi connectivity index (χ1n) is 11.6. The maximum absolute atomic E-state index is 12.6. The number of urea groups is 1. The molecule has 1 heterocycles. The first-order valence-corrected chi connectivity index (χ1v) is 11.6. The van der Waals surface area contributed by atoms with Crippen molar-refractivity contribution in [3.05, 3.63) is 45.4 Å². The van der Waals surface area contributed by atoms with E-state index >= 15 is 0 Å². The van der Waals surface area contributed by atoms with Crippen molar-refractivity contribution in [2.45, 2.75) is 70.4 Å².